The molecule has 1 fully saturated rings. The minimum atomic E-state index is 0.220. The van der Waals surface area contributed by atoms with E-state index in [2.05, 4.69) is 29.7 Å². The highest BCUT2D eigenvalue weighted by Gasteiger charge is 2.32. The third-order valence-electron chi connectivity index (χ3n) is 3.83. The quantitative estimate of drug-likeness (QED) is 0.863. The van der Waals surface area contributed by atoms with Gasteiger partial charge in [0.25, 0.3) is 0 Å². The van der Waals surface area contributed by atoms with Crippen LogP contribution in [0.3, 0.4) is 0 Å². The fourth-order valence-electron chi connectivity index (χ4n) is 2.66. The Bertz CT molecular complexity index is 367. The van der Waals surface area contributed by atoms with Gasteiger partial charge in [-0.15, -0.1) is 0 Å². The second-order valence-corrected chi connectivity index (χ2v) is 5.09. The van der Waals surface area contributed by atoms with Gasteiger partial charge in [0.15, 0.2) is 0 Å². The number of nitrogens with two attached hydrogens (primary N) is 1. The molecule has 0 radical (unpaired) electrons. The van der Waals surface area contributed by atoms with Gasteiger partial charge in [-0.25, -0.2) is 0 Å². The van der Waals surface area contributed by atoms with Crippen LogP contribution < -0.4 is 5.73 Å². The summed E-state index contributed by atoms with van der Waals surface area (Å²) in [6.07, 6.45) is 3.16. The molecule has 1 aromatic heterocycles. The van der Waals surface area contributed by atoms with Crippen LogP contribution in [0.2, 0.25) is 0 Å². The Hall–Kier alpha value is -0.870. The molecule has 2 N–H and O–H groups in total. The van der Waals surface area contributed by atoms with Gasteiger partial charge in [-0.05, 0) is 51.1 Å². The van der Waals surface area contributed by atoms with Gasteiger partial charge in [-0.3, -0.25) is 4.68 Å². The zero-order chi connectivity index (χ0) is 12.3. The highest BCUT2D eigenvalue weighted by molar-refractivity contribution is 5.12. The van der Waals surface area contributed by atoms with E-state index in [1.54, 1.807) is 0 Å². The molecule has 4 heteroatoms. The fourth-order valence-corrected chi connectivity index (χ4v) is 2.66. The SMILES string of the molecule is CCn1nc(C)cc1CC1(CN)CCOCC1. The summed E-state index contributed by atoms with van der Waals surface area (Å²) in [7, 11) is 0. The van der Waals surface area contributed by atoms with E-state index >= 15 is 0 Å². The predicted octanol–water partition coefficient (Wildman–Crippen LogP) is 1.51. The van der Waals surface area contributed by atoms with E-state index in [1.165, 1.54) is 5.69 Å². The highest BCUT2D eigenvalue weighted by Crippen LogP contribution is 2.33. The first kappa shape index (κ1) is 12.6. The summed E-state index contributed by atoms with van der Waals surface area (Å²) in [5, 5.41) is 4.50. The van der Waals surface area contributed by atoms with Crippen molar-refractivity contribution in [1.82, 2.24) is 9.78 Å². The molecule has 2 rings (SSSR count). The monoisotopic (exact) mass is 237 g/mol. The van der Waals surface area contributed by atoms with Gasteiger partial charge in [0.1, 0.15) is 0 Å². The van der Waals surface area contributed by atoms with Gasteiger partial charge in [0, 0.05) is 25.5 Å². The number of hydrogen-bond acceptors (Lipinski definition) is 3. The van der Waals surface area contributed by atoms with E-state index in [9.17, 15) is 0 Å². The lowest BCUT2D eigenvalue weighted by Gasteiger charge is -2.36. The molecule has 1 aliphatic rings. The van der Waals surface area contributed by atoms with Crippen molar-refractivity contribution in [3.8, 4) is 0 Å². The summed E-state index contributed by atoms with van der Waals surface area (Å²) in [6, 6.07) is 2.19. The van der Waals surface area contributed by atoms with Crippen molar-refractivity contribution in [1.29, 1.82) is 0 Å². The van der Waals surface area contributed by atoms with Crippen LogP contribution in [0.4, 0.5) is 0 Å². The smallest absolute Gasteiger partial charge is 0.0596 e. The maximum Gasteiger partial charge on any atom is 0.0596 e. The molecule has 0 unspecified atom stereocenters. The van der Waals surface area contributed by atoms with Gasteiger partial charge >= 0.3 is 0 Å². The first-order chi connectivity index (χ1) is 8.19. The summed E-state index contributed by atoms with van der Waals surface area (Å²) < 4.78 is 7.55. The molecule has 4 nitrogen and oxygen atoms in total. The molecule has 1 aliphatic heterocycles. The van der Waals surface area contributed by atoms with E-state index < -0.39 is 0 Å². The van der Waals surface area contributed by atoms with Crippen LogP contribution in [-0.2, 0) is 17.7 Å². The fraction of sp³-hybridized carbons (Fsp3) is 0.769. The van der Waals surface area contributed by atoms with Crippen LogP contribution in [-0.4, -0.2) is 29.5 Å². The Morgan fingerprint density at radius 2 is 2.18 bits per heavy atom. The summed E-state index contributed by atoms with van der Waals surface area (Å²) in [5.41, 5.74) is 8.63. The van der Waals surface area contributed by atoms with Crippen LogP contribution in [0.1, 0.15) is 31.2 Å². The van der Waals surface area contributed by atoms with Crippen molar-refractivity contribution < 1.29 is 4.74 Å². The standard InChI is InChI=1S/C13H23N3O/c1-3-16-12(8-11(2)15-16)9-13(10-14)4-6-17-7-5-13/h8H,3-7,9-10,14H2,1-2H3. The summed E-state index contributed by atoms with van der Waals surface area (Å²) in [5.74, 6) is 0. The second-order valence-electron chi connectivity index (χ2n) is 5.09. The molecule has 1 aromatic rings. The Kier molecular flexibility index (Phi) is 3.84. The molecule has 2 heterocycles. The van der Waals surface area contributed by atoms with Gasteiger partial charge in [0.2, 0.25) is 0 Å². The summed E-state index contributed by atoms with van der Waals surface area (Å²) in [4.78, 5) is 0. The molecule has 0 aromatic carbocycles. The predicted molar refractivity (Wildman–Crippen MR) is 67.9 cm³/mol. The molecule has 0 bridgehead atoms. The molecule has 0 atom stereocenters. The number of ether oxygens (including phenoxy) is 1. The lowest BCUT2D eigenvalue weighted by molar-refractivity contribution is 0.0182. The molecule has 0 saturated carbocycles. The third kappa shape index (κ3) is 2.69. The van der Waals surface area contributed by atoms with Crippen LogP contribution in [0, 0.1) is 12.3 Å². The van der Waals surface area contributed by atoms with Gasteiger partial charge in [0.05, 0.1) is 5.69 Å². The largest absolute Gasteiger partial charge is 0.381 e. The molecular formula is C13H23N3O. The molecule has 1 saturated heterocycles. The lowest BCUT2D eigenvalue weighted by atomic mass is 9.76. The first-order valence-corrected chi connectivity index (χ1v) is 6.50. The van der Waals surface area contributed by atoms with Crippen molar-refractivity contribution in [2.24, 2.45) is 11.1 Å². The van der Waals surface area contributed by atoms with E-state index in [-0.39, 0.29) is 5.41 Å². The third-order valence-corrected chi connectivity index (χ3v) is 3.83. The van der Waals surface area contributed by atoms with Gasteiger partial charge in [-0.2, -0.15) is 5.10 Å². The van der Waals surface area contributed by atoms with Crippen molar-refractivity contribution >= 4 is 0 Å². The van der Waals surface area contributed by atoms with Gasteiger partial charge < -0.3 is 10.5 Å². The van der Waals surface area contributed by atoms with Crippen LogP contribution in [0.15, 0.2) is 6.07 Å². The molecule has 96 valence electrons. The summed E-state index contributed by atoms with van der Waals surface area (Å²) >= 11 is 0. The molecule has 0 aliphatic carbocycles. The highest BCUT2D eigenvalue weighted by atomic mass is 16.5. The van der Waals surface area contributed by atoms with E-state index in [1.807, 2.05) is 0 Å². The zero-order valence-corrected chi connectivity index (χ0v) is 10.9. The minimum Gasteiger partial charge on any atom is -0.381 e. The number of aromatic nitrogens is 2. The second kappa shape index (κ2) is 5.19. The van der Waals surface area contributed by atoms with Crippen molar-refractivity contribution in [3.63, 3.8) is 0 Å². The van der Waals surface area contributed by atoms with Crippen molar-refractivity contribution in [2.75, 3.05) is 19.8 Å². The Morgan fingerprint density at radius 3 is 2.76 bits per heavy atom. The van der Waals surface area contributed by atoms with E-state index in [0.29, 0.717) is 0 Å². The Balaban J connectivity index is 2.16. The molecule has 17 heavy (non-hydrogen) atoms. The maximum absolute atomic E-state index is 6.00. The number of aryl methyl sites for hydroxylation is 2. The topological polar surface area (TPSA) is 53.1 Å². The van der Waals surface area contributed by atoms with Crippen LogP contribution in [0.25, 0.3) is 0 Å². The van der Waals surface area contributed by atoms with Crippen molar-refractivity contribution in [3.05, 3.63) is 17.5 Å². The van der Waals surface area contributed by atoms with Crippen LogP contribution >= 0.6 is 0 Å². The van der Waals surface area contributed by atoms with E-state index in [0.717, 1.165) is 51.3 Å². The van der Waals surface area contributed by atoms with E-state index in [4.69, 9.17) is 10.5 Å². The Labute approximate surface area is 103 Å². The average molecular weight is 237 g/mol. The first-order valence-electron chi connectivity index (χ1n) is 6.50. The number of hydrogen-bond donors (Lipinski definition) is 1. The minimum absolute atomic E-state index is 0.220. The molecular weight excluding hydrogens is 214 g/mol. The molecule has 0 spiro atoms. The molecule has 0 amide bonds. The number of rotatable bonds is 4. The number of nitrogens with zero attached hydrogens (tertiary/aromatic N) is 2. The lowest BCUT2D eigenvalue weighted by Crippen LogP contribution is -2.39. The maximum atomic E-state index is 6.00. The van der Waals surface area contributed by atoms with Gasteiger partial charge in [-0.1, -0.05) is 0 Å². The normalized spacial score (nSPS) is 19.5. The van der Waals surface area contributed by atoms with Crippen LogP contribution in [0.5, 0.6) is 0 Å². The summed E-state index contributed by atoms with van der Waals surface area (Å²) in [6.45, 7) is 7.54. The Morgan fingerprint density at radius 1 is 1.47 bits per heavy atom. The van der Waals surface area contributed by atoms with Crippen molar-refractivity contribution in [2.45, 2.75) is 39.7 Å². The average Bonchev–Trinajstić information content (AvgIpc) is 2.70. The zero-order valence-electron chi connectivity index (χ0n) is 10.9.